The lowest BCUT2D eigenvalue weighted by atomic mass is 10.1. The molecule has 0 amide bonds. The van der Waals surface area contributed by atoms with E-state index in [1.165, 1.54) is 31.3 Å². The van der Waals surface area contributed by atoms with Crippen LogP contribution in [-0.2, 0) is 6.54 Å². The van der Waals surface area contributed by atoms with Crippen molar-refractivity contribution in [2.75, 3.05) is 43.9 Å². The number of likely N-dealkylation sites (N-methyl/N-ethyl adjacent to an activating group) is 1. The molecule has 12 heteroatoms. The molecule has 6 rings (SSSR count). The second-order valence-electron chi connectivity index (χ2n) is 9.78. The molecular weight excluding hydrogens is 487 g/mol. The maximum absolute atomic E-state index is 14.1. The van der Waals surface area contributed by atoms with Gasteiger partial charge in [0.05, 0.1) is 5.39 Å². The lowest BCUT2D eigenvalue weighted by Crippen LogP contribution is -2.32. The van der Waals surface area contributed by atoms with Crippen molar-refractivity contribution in [2.45, 2.75) is 26.3 Å². The lowest BCUT2D eigenvalue weighted by Gasteiger charge is -2.23. The molecule has 1 fully saturated rings. The number of anilines is 2. The Kier molecular flexibility index (Phi) is 6.03. The van der Waals surface area contributed by atoms with E-state index in [2.05, 4.69) is 33.7 Å². The van der Waals surface area contributed by atoms with Gasteiger partial charge in [0.2, 0.25) is 0 Å². The van der Waals surface area contributed by atoms with Gasteiger partial charge in [0, 0.05) is 38.0 Å². The second-order valence-corrected chi connectivity index (χ2v) is 9.78. The van der Waals surface area contributed by atoms with Crippen LogP contribution in [0.1, 0.15) is 24.2 Å². The van der Waals surface area contributed by atoms with E-state index in [9.17, 15) is 9.50 Å². The van der Waals surface area contributed by atoms with Crippen molar-refractivity contribution in [3.63, 3.8) is 0 Å². The summed E-state index contributed by atoms with van der Waals surface area (Å²) in [6.45, 7) is 6.37. The van der Waals surface area contributed by atoms with Crippen LogP contribution in [0.25, 0.3) is 27.8 Å². The molecule has 0 radical (unpaired) electrons. The van der Waals surface area contributed by atoms with Crippen LogP contribution in [-0.4, -0.2) is 77.6 Å². The molecule has 0 aliphatic carbocycles. The Morgan fingerprint density at radius 2 is 1.95 bits per heavy atom. The molecule has 1 aromatic carbocycles. The molecule has 0 saturated carbocycles. The molecule has 1 aliphatic rings. The first kappa shape index (κ1) is 24.0. The monoisotopic (exact) mass is 516 g/mol. The molecule has 196 valence electrons. The van der Waals surface area contributed by atoms with E-state index >= 15 is 0 Å². The summed E-state index contributed by atoms with van der Waals surface area (Å²) in [5.41, 5.74) is 9.46. The van der Waals surface area contributed by atoms with Crippen LogP contribution in [0.3, 0.4) is 0 Å². The summed E-state index contributed by atoms with van der Waals surface area (Å²) in [5.74, 6) is 0.789. The van der Waals surface area contributed by atoms with Gasteiger partial charge in [0.1, 0.15) is 41.5 Å². The molecule has 0 atom stereocenters. The molecule has 5 heterocycles. The molecular formula is C26H29FN10O. The van der Waals surface area contributed by atoms with Gasteiger partial charge in [-0.15, -0.1) is 0 Å². The number of fused-ring (bicyclic) bond motifs is 2. The number of phenols is 1. The van der Waals surface area contributed by atoms with Gasteiger partial charge in [-0.3, -0.25) is 0 Å². The van der Waals surface area contributed by atoms with Gasteiger partial charge >= 0.3 is 0 Å². The number of hydrogen-bond acceptors (Lipinski definition) is 9. The summed E-state index contributed by atoms with van der Waals surface area (Å²) < 4.78 is 17.6. The number of nitrogens with zero attached hydrogens (tertiary/aromatic N) is 9. The Morgan fingerprint density at radius 1 is 1.13 bits per heavy atom. The number of aromatic nitrogens is 7. The van der Waals surface area contributed by atoms with Crippen LogP contribution in [0.4, 0.5) is 16.0 Å². The predicted octanol–water partition coefficient (Wildman–Crippen LogP) is 2.85. The number of rotatable bonds is 7. The highest BCUT2D eigenvalue weighted by atomic mass is 19.1. The van der Waals surface area contributed by atoms with Gasteiger partial charge in [-0.2, -0.15) is 10.2 Å². The fourth-order valence-electron chi connectivity index (χ4n) is 5.12. The van der Waals surface area contributed by atoms with Crippen LogP contribution >= 0.6 is 0 Å². The van der Waals surface area contributed by atoms with Crippen molar-refractivity contribution in [1.82, 2.24) is 39.2 Å². The van der Waals surface area contributed by atoms with Crippen LogP contribution in [0.5, 0.6) is 5.75 Å². The maximum atomic E-state index is 14.1. The van der Waals surface area contributed by atoms with E-state index in [0.29, 0.717) is 28.1 Å². The maximum Gasteiger partial charge on any atom is 0.173 e. The van der Waals surface area contributed by atoms with Gasteiger partial charge in [-0.25, -0.2) is 28.5 Å². The van der Waals surface area contributed by atoms with Crippen molar-refractivity contribution >= 4 is 28.2 Å². The average molecular weight is 517 g/mol. The highest BCUT2D eigenvalue weighted by molar-refractivity contribution is 5.98. The molecule has 0 unspecified atom stereocenters. The third kappa shape index (κ3) is 4.36. The summed E-state index contributed by atoms with van der Waals surface area (Å²) in [6, 6.07) is 5.78. The van der Waals surface area contributed by atoms with Crippen molar-refractivity contribution in [3.05, 3.63) is 54.0 Å². The Morgan fingerprint density at radius 3 is 2.74 bits per heavy atom. The first-order valence-electron chi connectivity index (χ1n) is 12.6. The summed E-state index contributed by atoms with van der Waals surface area (Å²) >= 11 is 0. The highest BCUT2D eigenvalue weighted by Gasteiger charge is 2.21. The topological polar surface area (TPSA) is 127 Å². The number of likely N-dealkylation sites (tertiary alicyclic amines) is 1. The third-order valence-corrected chi connectivity index (χ3v) is 7.06. The van der Waals surface area contributed by atoms with E-state index in [1.54, 1.807) is 4.68 Å². The molecule has 38 heavy (non-hydrogen) atoms. The zero-order valence-corrected chi connectivity index (χ0v) is 21.3. The SMILES string of the molecule is Cc1ccn2nc(Cn3nc(-c4cc(O)cc(F)c4)c4c(N)ncnc43)nc(N(C)CCN3CCCC3)c12. The Hall–Kier alpha value is -4.32. The van der Waals surface area contributed by atoms with Crippen molar-refractivity contribution in [3.8, 4) is 17.0 Å². The number of hydrogen-bond donors (Lipinski definition) is 2. The van der Waals surface area contributed by atoms with E-state index in [-0.39, 0.29) is 18.1 Å². The quantitative estimate of drug-likeness (QED) is 0.336. The standard InChI is InChI=1S/C26H29FN10O/c1-16-5-8-36-23(16)26(34(2)9-10-35-6-3-4-7-35)31-20(32-36)14-37-25-21(24(28)29-15-30-25)22(33-37)17-11-18(27)13-19(38)12-17/h5,8,11-13,15,38H,3-4,6-7,9-10,14H2,1-2H3,(H2,28,29,30). The second kappa shape index (κ2) is 9.53. The zero-order chi connectivity index (χ0) is 26.4. The minimum Gasteiger partial charge on any atom is -0.508 e. The van der Waals surface area contributed by atoms with E-state index in [1.807, 2.05) is 16.8 Å². The number of aromatic hydroxyl groups is 1. The van der Waals surface area contributed by atoms with E-state index < -0.39 is 5.82 Å². The smallest absolute Gasteiger partial charge is 0.173 e. The molecule has 4 aromatic heterocycles. The summed E-state index contributed by atoms with van der Waals surface area (Å²) in [4.78, 5) is 18.1. The van der Waals surface area contributed by atoms with Gasteiger partial charge in [0.25, 0.3) is 0 Å². The van der Waals surface area contributed by atoms with Crippen LogP contribution < -0.4 is 10.6 Å². The zero-order valence-electron chi connectivity index (χ0n) is 21.3. The van der Waals surface area contributed by atoms with Crippen molar-refractivity contribution < 1.29 is 9.50 Å². The van der Waals surface area contributed by atoms with Crippen molar-refractivity contribution in [1.29, 1.82) is 0 Å². The number of nitrogen functional groups attached to an aromatic ring is 1. The molecule has 1 saturated heterocycles. The van der Waals surface area contributed by atoms with E-state index in [4.69, 9.17) is 20.9 Å². The molecule has 3 N–H and O–H groups in total. The number of benzene rings is 1. The number of halogens is 1. The fraction of sp³-hybridized carbons (Fsp3) is 0.346. The summed E-state index contributed by atoms with van der Waals surface area (Å²) in [5, 5.41) is 19.9. The van der Waals surface area contributed by atoms with E-state index in [0.717, 1.165) is 49.1 Å². The third-order valence-electron chi connectivity index (χ3n) is 7.06. The molecule has 0 spiro atoms. The molecule has 1 aliphatic heterocycles. The number of nitrogens with two attached hydrogens (primary N) is 1. The first-order valence-corrected chi connectivity index (χ1v) is 12.6. The average Bonchev–Trinajstić information content (AvgIpc) is 3.62. The van der Waals surface area contributed by atoms with Crippen LogP contribution in [0.2, 0.25) is 0 Å². The predicted molar refractivity (Wildman–Crippen MR) is 143 cm³/mol. The number of aryl methyl sites for hydroxylation is 1. The Balaban J connectivity index is 1.40. The van der Waals surface area contributed by atoms with Gasteiger partial charge in [-0.1, -0.05) is 0 Å². The van der Waals surface area contributed by atoms with Gasteiger partial charge < -0.3 is 20.6 Å². The summed E-state index contributed by atoms with van der Waals surface area (Å²) in [7, 11) is 2.06. The first-order chi connectivity index (χ1) is 18.4. The minimum absolute atomic E-state index is 0.203. The highest BCUT2D eigenvalue weighted by Crippen LogP contribution is 2.33. The van der Waals surface area contributed by atoms with Crippen LogP contribution in [0.15, 0.2) is 36.8 Å². The minimum atomic E-state index is -0.587. The van der Waals surface area contributed by atoms with Gasteiger partial charge in [0.15, 0.2) is 17.3 Å². The molecule has 11 nitrogen and oxygen atoms in total. The summed E-state index contributed by atoms with van der Waals surface area (Å²) in [6.07, 6.45) is 5.80. The fourth-order valence-corrected chi connectivity index (χ4v) is 5.12. The largest absolute Gasteiger partial charge is 0.508 e. The Bertz CT molecular complexity index is 1620. The lowest BCUT2D eigenvalue weighted by molar-refractivity contribution is 0.346. The Labute approximate surface area is 218 Å². The molecule has 0 bridgehead atoms. The van der Waals surface area contributed by atoms with Crippen LogP contribution in [0, 0.1) is 12.7 Å². The normalized spacial score (nSPS) is 14.2. The number of phenolic OH excluding ortho intramolecular Hbond substituents is 1. The molecule has 5 aromatic rings. The van der Waals surface area contributed by atoms with Gasteiger partial charge in [-0.05, 0) is 56.6 Å². The van der Waals surface area contributed by atoms with Crippen molar-refractivity contribution in [2.24, 2.45) is 0 Å².